The normalized spacial score (nSPS) is 11.0. The SMILES string of the molecule is Cc1nn(-c2ccccc2Cl)c(C(C)C)c1C(=O)NCc1ccccn1. The highest BCUT2D eigenvalue weighted by Gasteiger charge is 2.25. The van der Waals surface area contributed by atoms with Gasteiger partial charge in [0, 0.05) is 6.20 Å². The number of aromatic nitrogens is 3. The van der Waals surface area contributed by atoms with Crippen LogP contribution in [0.3, 0.4) is 0 Å². The predicted molar refractivity (Wildman–Crippen MR) is 103 cm³/mol. The number of hydrogen-bond acceptors (Lipinski definition) is 3. The lowest BCUT2D eigenvalue weighted by atomic mass is 10.0. The second-order valence-electron chi connectivity index (χ2n) is 6.37. The number of para-hydroxylation sites is 1. The molecule has 1 N–H and O–H groups in total. The van der Waals surface area contributed by atoms with Gasteiger partial charge in [-0.2, -0.15) is 5.10 Å². The minimum Gasteiger partial charge on any atom is -0.346 e. The van der Waals surface area contributed by atoms with Crippen LogP contribution in [-0.2, 0) is 6.54 Å². The van der Waals surface area contributed by atoms with Crippen LogP contribution >= 0.6 is 11.6 Å². The lowest BCUT2D eigenvalue weighted by molar-refractivity contribution is 0.0948. The van der Waals surface area contributed by atoms with Gasteiger partial charge in [0.25, 0.3) is 5.91 Å². The molecule has 0 atom stereocenters. The van der Waals surface area contributed by atoms with Gasteiger partial charge in [-0.25, -0.2) is 4.68 Å². The zero-order valence-corrected chi connectivity index (χ0v) is 15.8. The fourth-order valence-electron chi connectivity index (χ4n) is 2.93. The molecule has 6 heteroatoms. The maximum Gasteiger partial charge on any atom is 0.255 e. The van der Waals surface area contributed by atoms with E-state index in [9.17, 15) is 4.79 Å². The monoisotopic (exact) mass is 368 g/mol. The molecule has 0 unspecified atom stereocenters. The van der Waals surface area contributed by atoms with Crippen molar-refractivity contribution in [1.29, 1.82) is 0 Å². The molecule has 2 aromatic heterocycles. The van der Waals surface area contributed by atoms with Crippen LogP contribution in [0.15, 0.2) is 48.7 Å². The highest BCUT2D eigenvalue weighted by Crippen LogP contribution is 2.29. The zero-order valence-electron chi connectivity index (χ0n) is 15.0. The first-order valence-corrected chi connectivity index (χ1v) is 8.89. The minimum atomic E-state index is -0.157. The standard InChI is InChI=1S/C20H21ClN4O/c1-13(2)19-18(20(26)23-12-15-8-6-7-11-22-15)14(3)24-25(19)17-10-5-4-9-16(17)21/h4-11,13H,12H2,1-3H3,(H,23,26). The molecule has 5 nitrogen and oxygen atoms in total. The molecule has 2 heterocycles. The molecular weight excluding hydrogens is 348 g/mol. The van der Waals surface area contributed by atoms with Crippen LogP contribution in [0.2, 0.25) is 5.02 Å². The largest absolute Gasteiger partial charge is 0.346 e. The number of carbonyl (C=O) groups is 1. The zero-order chi connectivity index (χ0) is 18.7. The smallest absolute Gasteiger partial charge is 0.255 e. The van der Waals surface area contributed by atoms with E-state index in [1.54, 1.807) is 10.9 Å². The van der Waals surface area contributed by atoms with Crippen LogP contribution in [0.1, 0.15) is 47.2 Å². The molecule has 3 aromatic rings. The summed E-state index contributed by atoms with van der Waals surface area (Å²) >= 11 is 6.35. The average molecular weight is 369 g/mol. The van der Waals surface area contributed by atoms with Gasteiger partial charge >= 0.3 is 0 Å². The van der Waals surface area contributed by atoms with Crippen molar-refractivity contribution in [2.75, 3.05) is 0 Å². The molecule has 0 aliphatic heterocycles. The summed E-state index contributed by atoms with van der Waals surface area (Å²) in [5, 5.41) is 8.13. The number of hydrogen-bond donors (Lipinski definition) is 1. The number of amides is 1. The number of aryl methyl sites for hydroxylation is 1. The first-order chi connectivity index (χ1) is 12.5. The summed E-state index contributed by atoms with van der Waals surface area (Å²) in [6.07, 6.45) is 1.71. The molecule has 26 heavy (non-hydrogen) atoms. The van der Waals surface area contributed by atoms with Crippen molar-refractivity contribution < 1.29 is 4.79 Å². The fourth-order valence-corrected chi connectivity index (χ4v) is 3.14. The van der Waals surface area contributed by atoms with Crippen LogP contribution in [-0.4, -0.2) is 20.7 Å². The summed E-state index contributed by atoms with van der Waals surface area (Å²) in [7, 11) is 0. The Morgan fingerprint density at radius 1 is 1.19 bits per heavy atom. The predicted octanol–water partition coefficient (Wildman–Crippen LogP) is 4.28. The number of benzene rings is 1. The third-order valence-corrected chi connectivity index (χ3v) is 4.43. The Labute approximate surface area is 158 Å². The highest BCUT2D eigenvalue weighted by atomic mass is 35.5. The molecule has 1 aromatic carbocycles. The quantitative estimate of drug-likeness (QED) is 0.731. The summed E-state index contributed by atoms with van der Waals surface area (Å²) in [6.45, 7) is 6.29. The van der Waals surface area contributed by atoms with Crippen LogP contribution in [0, 0.1) is 6.92 Å². The fraction of sp³-hybridized carbons (Fsp3) is 0.250. The van der Waals surface area contributed by atoms with Crippen molar-refractivity contribution in [2.45, 2.75) is 33.2 Å². The first kappa shape index (κ1) is 18.1. The minimum absolute atomic E-state index is 0.100. The van der Waals surface area contributed by atoms with Gasteiger partial charge < -0.3 is 5.32 Å². The molecule has 0 fully saturated rings. The van der Waals surface area contributed by atoms with Gasteiger partial charge in [0.1, 0.15) is 0 Å². The van der Waals surface area contributed by atoms with E-state index in [1.165, 1.54) is 0 Å². The van der Waals surface area contributed by atoms with Crippen molar-refractivity contribution in [2.24, 2.45) is 0 Å². The molecule has 0 saturated carbocycles. The number of nitrogens with zero attached hydrogens (tertiary/aromatic N) is 3. The Balaban J connectivity index is 1.97. The average Bonchev–Trinajstić information content (AvgIpc) is 2.98. The van der Waals surface area contributed by atoms with E-state index in [-0.39, 0.29) is 11.8 Å². The maximum atomic E-state index is 12.9. The molecule has 0 aliphatic rings. The maximum absolute atomic E-state index is 12.9. The van der Waals surface area contributed by atoms with Crippen LogP contribution in [0.25, 0.3) is 5.69 Å². The third-order valence-electron chi connectivity index (χ3n) is 4.11. The molecule has 0 aliphatic carbocycles. The lowest BCUT2D eigenvalue weighted by Gasteiger charge is -2.14. The highest BCUT2D eigenvalue weighted by molar-refractivity contribution is 6.32. The van der Waals surface area contributed by atoms with Crippen molar-refractivity contribution in [3.63, 3.8) is 0 Å². The van der Waals surface area contributed by atoms with Crippen LogP contribution < -0.4 is 5.32 Å². The van der Waals surface area contributed by atoms with E-state index in [0.29, 0.717) is 22.8 Å². The molecule has 134 valence electrons. The van der Waals surface area contributed by atoms with E-state index in [2.05, 4.69) is 15.4 Å². The molecule has 0 spiro atoms. The van der Waals surface area contributed by atoms with Gasteiger partial charge in [-0.1, -0.05) is 43.6 Å². The Morgan fingerprint density at radius 3 is 2.58 bits per heavy atom. The number of carbonyl (C=O) groups excluding carboxylic acids is 1. The molecule has 0 radical (unpaired) electrons. The van der Waals surface area contributed by atoms with Crippen molar-refractivity contribution in [1.82, 2.24) is 20.1 Å². The van der Waals surface area contributed by atoms with E-state index >= 15 is 0 Å². The Bertz CT molecular complexity index is 919. The Kier molecular flexibility index (Phi) is 5.38. The summed E-state index contributed by atoms with van der Waals surface area (Å²) in [5.74, 6) is -0.0572. The van der Waals surface area contributed by atoms with Gasteiger partial charge in [-0.15, -0.1) is 0 Å². The number of halogens is 1. The van der Waals surface area contributed by atoms with Gasteiger partial charge in [0.15, 0.2) is 0 Å². The number of pyridine rings is 1. The lowest BCUT2D eigenvalue weighted by Crippen LogP contribution is -2.25. The molecule has 0 saturated heterocycles. The van der Waals surface area contributed by atoms with Gasteiger partial charge in [-0.05, 0) is 37.1 Å². The number of nitrogens with one attached hydrogen (secondary N) is 1. The summed E-state index contributed by atoms with van der Waals surface area (Å²) in [5.41, 5.74) is 3.69. The van der Waals surface area contributed by atoms with Gasteiger partial charge in [0.2, 0.25) is 0 Å². The van der Waals surface area contributed by atoms with Gasteiger partial charge in [0.05, 0.1) is 39.9 Å². The van der Waals surface area contributed by atoms with Crippen molar-refractivity contribution in [3.05, 3.63) is 76.3 Å². The Hall–Kier alpha value is -2.66. The third kappa shape index (κ3) is 3.63. The van der Waals surface area contributed by atoms with E-state index in [4.69, 9.17) is 11.6 Å². The van der Waals surface area contributed by atoms with Crippen LogP contribution in [0.5, 0.6) is 0 Å². The molecule has 1 amide bonds. The van der Waals surface area contributed by atoms with E-state index in [1.807, 2.05) is 63.2 Å². The van der Waals surface area contributed by atoms with Crippen molar-refractivity contribution >= 4 is 17.5 Å². The summed E-state index contributed by atoms with van der Waals surface area (Å²) < 4.78 is 1.78. The summed E-state index contributed by atoms with van der Waals surface area (Å²) in [6, 6.07) is 13.1. The Morgan fingerprint density at radius 2 is 1.92 bits per heavy atom. The van der Waals surface area contributed by atoms with Gasteiger partial charge in [-0.3, -0.25) is 9.78 Å². The van der Waals surface area contributed by atoms with Crippen molar-refractivity contribution in [3.8, 4) is 5.69 Å². The van der Waals surface area contributed by atoms with E-state index < -0.39 is 0 Å². The second kappa shape index (κ2) is 7.70. The molecule has 0 bridgehead atoms. The summed E-state index contributed by atoms with van der Waals surface area (Å²) in [4.78, 5) is 17.1. The topological polar surface area (TPSA) is 59.8 Å². The van der Waals surface area contributed by atoms with Crippen LogP contribution in [0.4, 0.5) is 0 Å². The molecular formula is C20H21ClN4O. The second-order valence-corrected chi connectivity index (χ2v) is 6.77. The van der Waals surface area contributed by atoms with E-state index in [0.717, 1.165) is 17.1 Å². The molecule has 3 rings (SSSR count). The number of rotatable bonds is 5. The first-order valence-electron chi connectivity index (χ1n) is 8.51.